The van der Waals surface area contributed by atoms with Gasteiger partial charge in [0.25, 0.3) is 0 Å². The quantitative estimate of drug-likeness (QED) is 0.840. The Bertz CT molecular complexity index is 687. The maximum atomic E-state index is 12.2. The van der Waals surface area contributed by atoms with Crippen LogP contribution in [0.5, 0.6) is 0 Å². The number of anilines is 1. The zero-order valence-electron chi connectivity index (χ0n) is 13.3. The first kappa shape index (κ1) is 16.0. The van der Waals surface area contributed by atoms with Crippen LogP contribution in [0.15, 0.2) is 42.5 Å². The van der Waals surface area contributed by atoms with Crippen LogP contribution >= 0.6 is 0 Å². The Hall–Kier alpha value is -2.42. The molecule has 2 rings (SSSR count). The molecular weight excluding hydrogens is 274 g/mol. The standard InChI is InChI=1S/C19H21NO2/c1-13-5-8-16(9-6-13)20-19(22)11-10-18(21)17-12-14(2)4-7-15(17)3/h4-9,12H,10-11H2,1-3H3,(H,20,22). The van der Waals surface area contributed by atoms with E-state index in [1.54, 1.807) is 0 Å². The monoisotopic (exact) mass is 295 g/mol. The van der Waals surface area contributed by atoms with Gasteiger partial charge in [-0.1, -0.05) is 35.4 Å². The molecule has 0 radical (unpaired) electrons. The number of hydrogen-bond acceptors (Lipinski definition) is 2. The Morgan fingerprint density at radius 3 is 2.18 bits per heavy atom. The number of carbonyl (C=O) groups excluding carboxylic acids is 2. The van der Waals surface area contributed by atoms with Gasteiger partial charge >= 0.3 is 0 Å². The van der Waals surface area contributed by atoms with Crippen molar-refractivity contribution < 1.29 is 9.59 Å². The minimum Gasteiger partial charge on any atom is -0.326 e. The van der Waals surface area contributed by atoms with Crippen molar-refractivity contribution in [2.75, 3.05) is 5.32 Å². The van der Waals surface area contributed by atoms with Crippen molar-refractivity contribution in [2.45, 2.75) is 33.6 Å². The lowest BCUT2D eigenvalue weighted by atomic mass is 9.99. The number of aryl methyl sites for hydroxylation is 3. The third kappa shape index (κ3) is 4.29. The zero-order chi connectivity index (χ0) is 16.1. The van der Waals surface area contributed by atoms with Gasteiger partial charge in [-0.15, -0.1) is 0 Å². The molecule has 0 saturated carbocycles. The molecule has 3 nitrogen and oxygen atoms in total. The number of rotatable bonds is 5. The molecule has 1 N–H and O–H groups in total. The molecule has 0 spiro atoms. The van der Waals surface area contributed by atoms with Crippen LogP contribution in [-0.4, -0.2) is 11.7 Å². The van der Waals surface area contributed by atoms with E-state index in [4.69, 9.17) is 0 Å². The van der Waals surface area contributed by atoms with Crippen LogP contribution in [0, 0.1) is 20.8 Å². The minimum atomic E-state index is -0.137. The molecule has 22 heavy (non-hydrogen) atoms. The highest BCUT2D eigenvalue weighted by Gasteiger charge is 2.12. The molecule has 114 valence electrons. The van der Waals surface area contributed by atoms with Gasteiger partial charge in [0.2, 0.25) is 5.91 Å². The normalized spacial score (nSPS) is 10.3. The average molecular weight is 295 g/mol. The second kappa shape index (κ2) is 7.03. The number of nitrogens with one attached hydrogen (secondary N) is 1. The molecule has 0 bridgehead atoms. The Kier molecular flexibility index (Phi) is 5.10. The summed E-state index contributed by atoms with van der Waals surface area (Å²) < 4.78 is 0. The van der Waals surface area contributed by atoms with Gasteiger partial charge in [-0.25, -0.2) is 0 Å². The van der Waals surface area contributed by atoms with E-state index in [0.717, 1.165) is 22.4 Å². The van der Waals surface area contributed by atoms with Crippen molar-refractivity contribution in [2.24, 2.45) is 0 Å². The van der Waals surface area contributed by atoms with Crippen molar-refractivity contribution in [3.63, 3.8) is 0 Å². The van der Waals surface area contributed by atoms with Crippen LogP contribution in [0.25, 0.3) is 0 Å². The zero-order valence-corrected chi connectivity index (χ0v) is 13.3. The molecule has 0 fully saturated rings. The first-order valence-corrected chi connectivity index (χ1v) is 7.42. The lowest BCUT2D eigenvalue weighted by Crippen LogP contribution is -2.14. The maximum absolute atomic E-state index is 12.2. The molecule has 0 aliphatic carbocycles. The summed E-state index contributed by atoms with van der Waals surface area (Å²) in [4.78, 5) is 24.2. The second-order valence-electron chi connectivity index (χ2n) is 5.66. The van der Waals surface area contributed by atoms with Crippen LogP contribution in [0.1, 0.15) is 39.9 Å². The largest absolute Gasteiger partial charge is 0.326 e. The highest BCUT2D eigenvalue weighted by atomic mass is 16.2. The van der Waals surface area contributed by atoms with E-state index < -0.39 is 0 Å². The lowest BCUT2D eigenvalue weighted by Gasteiger charge is -2.07. The molecule has 2 aromatic rings. The summed E-state index contributed by atoms with van der Waals surface area (Å²) in [5.41, 5.74) is 4.62. The Morgan fingerprint density at radius 1 is 0.864 bits per heavy atom. The van der Waals surface area contributed by atoms with Gasteiger partial charge in [-0.05, 0) is 44.5 Å². The Morgan fingerprint density at radius 2 is 1.50 bits per heavy atom. The van der Waals surface area contributed by atoms with Crippen LogP contribution in [0.3, 0.4) is 0 Å². The molecule has 0 aliphatic rings. The van der Waals surface area contributed by atoms with E-state index in [0.29, 0.717) is 5.56 Å². The van der Waals surface area contributed by atoms with Crippen LogP contribution < -0.4 is 5.32 Å². The van der Waals surface area contributed by atoms with Gasteiger partial charge < -0.3 is 5.32 Å². The molecule has 0 saturated heterocycles. The van der Waals surface area contributed by atoms with Gasteiger partial charge in [0.15, 0.2) is 5.78 Å². The fourth-order valence-corrected chi connectivity index (χ4v) is 2.26. The number of carbonyl (C=O) groups is 2. The van der Waals surface area contributed by atoms with Crippen LogP contribution in [0.4, 0.5) is 5.69 Å². The van der Waals surface area contributed by atoms with E-state index in [-0.39, 0.29) is 24.5 Å². The van der Waals surface area contributed by atoms with Crippen molar-refractivity contribution in [1.29, 1.82) is 0 Å². The first-order valence-electron chi connectivity index (χ1n) is 7.42. The first-order chi connectivity index (χ1) is 10.5. The van der Waals surface area contributed by atoms with E-state index in [1.165, 1.54) is 0 Å². The SMILES string of the molecule is Cc1ccc(NC(=O)CCC(=O)c2cc(C)ccc2C)cc1. The van der Waals surface area contributed by atoms with E-state index in [2.05, 4.69) is 5.32 Å². The van der Waals surface area contributed by atoms with E-state index >= 15 is 0 Å². The predicted molar refractivity (Wildman–Crippen MR) is 89.3 cm³/mol. The van der Waals surface area contributed by atoms with Gasteiger partial charge in [0.1, 0.15) is 0 Å². The highest BCUT2D eigenvalue weighted by Crippen LogP contribution is 2.15. The predicted octanol–water partition coefficient (Wildman–Crippen LogP) is 4.21. The smallest absolute Gasteiger partial charge is 0.224 e. The molecule has 2 aromatic carbocycles. The van der Waals surface area contributed by atoms with Gasteiger partial charge in [0, 0.05) is 24.1 Å². The number of ketones is 1. The highest BCUT2D eigenvalue weighted by molar-refractivity contribution is 6.01. The lowest BCUT2D eigenvalue weighted by molar-refractivity contribution is -0.116. The third-order valence-corrected chi connectivity index (χ3v) is 3.61. The number of Topliss-reactive ketones (excluding diaryl/α,β-unsaturated/α-hetero) is 1. The summed E-state index contributed by atoms with van der Waals surface area (Å²) in [6.45, 7) is 5.87. The van der Waals surface area contributed by atoms with Crippen molar-refractivity contribution in [3.05, 3.63) is 64.7 Å². The Labute approximate surface area is 131 Å². The molecule has 1 amide bonds. The minimum absolute atomic E-state index is 0.0141. The fraction of sp³-hybridized carbons (Fsp3) is 0.263. The molecule has 0 aliphatic heterocycles. The maximum Gasteiger partial charge on any atom is 0.224 e. The molecular formula is C19H21NO2. The third-order valence-electron chi connectivity index (χ3n) is 3.61. The summed E-state index contributed by atoms with van der Waals surface area (Å²) in [5.74, 6) is -0.122. The van der Waals surface area contributed by atoms with Crippen molar-refractivity contribution in [1.82, 2.24) is 0 Å². The molecule has 0 unspecified atom stereocenters. The second-order valence-corrected chi connectivity index (χ2v) is 5.66. The van der Waals surface area contributed by atoms with Crippen LogP contribution in [-0.2, 0) is 4.79 Å². The average Bonchev–Trinajstić information content (AvgIpc) is 2.49. The molecule has 0 heterocycles. The van der Waals surface area contributed by atoms with Crippen molar-refractivity contribution >= 4 is 17.4 Å². The summed E-state index contributed by atoms with van der Waals surface area (Å²) in [6.07, 6.45) is 0.419. The van der Waals surface area contributed by atoms with Gasteiger partial charge in [-0.3, -0.25) is 9.59 Å². The fourth-order valence-electron chi connectivity index (χ4n) is 2.26. The summed E-state index contributed by atoms with van der Waals surface area (Å²) in [7, 11) is 0. The van der Waals surface area contributed by atoms with E-state index in [1.807, 2.05) is 63.2 Å². The van der Waals surface area contributed by atoms with Crippen LogP contribution in [0.2, 0.25) is 0 Å². The summed E-state index contributed by atoms with van der Waals surface area (Å²) in [5, 5.41) is 2.81. The topological polar surface area (TPSA) is 46.2 Å². The van der Waals surface area contributed by atoms with Gasteiger partial charge in [-0.2, -0.15) is 0 Å². The van der Waals surface area contributed by atoms with Crippen molar-refractivity contribution in [3.8, 4) is 0 Å². The summed E-state index contributed by atoms with van der Waals surface area (Å²) >= 11 is 0. The molecule has 0 atom stereocenters. The number of amides is 1. The summed E-state index contributed by atoms with van der Waals surface area (Å²) in [6, 6.07) is 13.4. The number of benzene rings is 2. The Balaban J connectivity index is 1.91. The number of hydrogen-bond donors (Lipinski definition) is 1. The molecule has 0 aromatic heterocycles. The van der Waals surface area contributed by atoms with Gasteiger partial charge in [0.05, 0.1) is 0 Å². The molecule has 3 heteroatoms. The van der Waals surface area contributed by atoms with E-state index in [9.17, 15) is 9.59 Å².